The first-order chi connectivity index (χ1) is 12.7. The van der Waals surface area contributed by atoms with E-state index in [4.69, 9.17) is 21.1 Å². The summed E-state index contributed by atoms with van der Waals surface area (Å²) in [7, 11) is 0. The number of benzene rings is 1. The van der Waals surface area contributed by atoms with Crippen molar-refractivity contribution >= 4 is 17.5 Å². The van der Waals surface area contributed by atoms with Crippen LogP contribution >= 0.6 is 11.6 Å². The zero-order valence-electron chi connectivity index (χ0n) is 14.5. The summed E-state index contributed by atoms with van der Waals surface area (Å²) in [5.41, 5.74) is 1.68. The average molecular weight is 373 g/mol. The molecule has 2 aliphatic heterocycles. The van der Waals surface area contributed by atoms with Crippen molar-refractivity contribution in [2.75, 3.05) is 19.7 Å². The zero-order chi connectivity index (χ0) is 17.9. The summed E-state index contributed by atoms with van der Waals surface area (Å²) in [5, 5.41) is 0.696. The molecule has 2 aromatic rings. The number of aromatic nitrogens is 1. The fourth-order valence-corrected chi connectivity index (χ4v) is 3.55. The normalized spacial score (nSPS) is 17.3. The summed E-state index contributed by atoms with van der Waals surface area (Å²) in [4.78, 5) is 19.0. The number of likely N-dealkylation sites (tertiary alicyclic amines) is 1. The molecule has 1 fully saturated rings. The molecule has 26 heavy (non-hydrogen) atoms. The van der Waals surface area contributed by atoms with E-state index in [1.54, 1.807) is 6.20 Å². The van der Waals surface area contributed by atoms with Crippen molar-refractivity contribution in [3.63, 3.8) is 0 Å². The predicted molar refractivity (Wildman–Crippen MR) is 99.1 cm³/mol. The van der Waals surface area contributed by atoms with E-state index in [0.29, 0.717) is 36.2 Å². The highest BCUT2D eigenvalue weighted by Crippen LogP contribution is 2.25. The van der Waals surface area contributed by atoms with Crippen molar-refractivity contribution < 1.29 is 14.3 Å². The van der Waals surface area contributed by atoms with Crippen molar-refractivity contribution in [2.45, 2.75) is 31.8 Å². The molecule has 6 heteroatoms. The molecule has 2 aliphatic rings. The van der Waals surface area contributed by atoms with Crippen LogP contribution in [0.25, 0.3) is 0 Å². The van der Waals surface area contributed by atoms with E-state index in [1.807, 2.05) is 35.2 Å². The van der Waals surface area contributed by atoms with Gasteiger partial charge in [-0.2, -0.15) is 0 Å². The Morgan fingerprint density at radius 2 is 2.00 bits per heavy atom. The van der Waals surface area contributed by atoms with Gasteiger partial charge in [-0.05, 0) is 43.2 Å². The number of amides is 1. The first kappa shape index (κ1) is 17.2. The molecule has 1 amide bonds. The molecular weight excluding hydrogens is 352 g/mol. The average Bonchev–Trinajstić information content (AvgIpc) is 2.69. The van der Waals surface area contributed by atoms with Gasteiger partial charge in [0.15, 0.2) is 0 Å². The number of carbonyl (C=O) groups excluding carboxylic acids is 1. The lowest BCUT2D eigenvalue weighted by Crippen LogP contribution is -2.41. The highest BCUT2D eigenvalue weighted by atomic mass is 35.5. The number of ether oxygens (including phenoxy) is 2. The molecule has 1 saturated heterocycles. The Labute approximate surface area is 157 Å². The van der Waals surface area contributed by atoms with Crippen LogP contribution in [-0.2, 0) is 6.42 Å². The maximum atomic E-state index is 12.8. The van der Waals surface area contributed by atoms with Gasteiger partial charge in [0.1, 0.15) is 11.9 Å². The van der Waals surface area contributed by atoms with Gasteiger partial charge in [0.2, 0.25) is 5.88 Å². The van der Waals surface area contributed by atoms with Gasteiger partial charge in [-0.25, -0.2) is 4.98 Å². The summed E-state index contributed by atoms with van der Waals surface area (Å²) in [5.74, 6) is 1.52. The smallest absolute Gasteiger partial charge is 0.255 e. The van der Waals surface area contributed by atoms with Gasteiger partial charge in [0.05, 0.1) is 12.2 Å². The highest BCUT2D eigenvalue weighted by molar-refractivity contribution is 6.30. The van der Waals surface area contributed by atoms with Crippen LogP contribution in [0.4, 0.5) is 0 Å². The summed E-state index contributed by atoms with van der Waals surface area (Å²) >= 11 is 5.90. The van der Waals surface area contributed by atoms with Crippen LogP contribution in [-0.4, -0.2) is 41.6 Å². The molecule has 3 heterocycles. The standard InChI is InChI=1S/C20H21ClN2O3/c21-16-3-5-17(6-4-16)26-18-7-9-23(10-8-18)20(24)15-12-14-2-1-11-25-19(14)22-13-15/h3-6,12-13,18H,1-2,7-11H2. The Hall–Kier alpha value is -2.27. The zero-order valence-corrected chi connectivity index (χ0v) is 15.2. The van der Waals surface area contributed by atoms with Crippen molar-refractivity contribution in [3.05, 3.63) is 52.7 Å². The fourth-order valence-electron chi connectivity index (χ4n) is 3.42. The van der Waals surface area contributed by atoms with E-state index < -0.39 is 0 Å². The molecule has 0 N–H and O–H groups in total. The summed E-state index contributed by atoms with van der Waals surface area (Å²) in [6.45, 7) is 2.07. The Kier molecular flexibility index (Phi) is 4.98. The quantitative estimate of drug-likeness (QED) is 0.823. The number of nitrogens with zero attached hydrogens (tertiary/aromatic N) is 2. The number of halogens is 1. The molecular formula is C20H21ClN2O3. The number of pyridine rings is 1. The molecule has 1 aromatic carbocycles. The van der Waals surface area contributed by atoms with Crippen LogP contribution in [0.2, 0.25) is 5.02 Å². The second kappa shape index (κ2) is 7.54. The maximum absolute atomic E-state index is 12.8. The topological polar surface area (TPSA) is 51.7 Å². The van der Waals surface area contributed by atoms with Gasteiger partial charge < -0.3 is 14.4 Å². The van der Waals surface area contributed by atoms with Crippen molar-refractivity contribution in [2.24, 2.45) is 0 Å². The van der Waals surface area contributed by atoms with Crippen LogP contribution in [0.1, 0.15) is 35.2 Å². The Morgan fingerprint density at radius 3 is 2.77 bits per heavy atom. The molecule has 0 spiro atoms. The molecule has 0 saturated carbocycles. The lowest BCUT2D eigenvalue weighted by molar-refractivity contribution is 0.0595. The van der Waals surface area contributed by atoms with E-state index in [1.165, 1.54) is 0 Å². The number of hydrogen-bond acceptors (Lipinski definition) is 4. The number of carbonyl (C=O) groups is 1. The van der Waals surface area contributed by atoms with E-state index in [-0.39, 0.29) is 12.0 Å². The highest BCUT2D eigenvalue weighted by Gasteiger charge is 2.26. The molecule has 136 valence electrons. The van der Waals surface area contributed by atoms with Crippen molar-refractivity contribution in [1.29, 1.82) is 0 Å². The lowest BCUT2D eigenvalue weighted by atomic mass is 10.0. The predicted octanol–water partition coefficient (Wildman–Crippen LogP) is 3.74. The Morgan fingerprint density at radius 1 is 1.23 bits per heavy atom. The molecule has 0 aliphatic carbocycles. The minimum atomic E-state index is 0.0378. The van der Waals surface area contributed by atoms with E-state index in [0.717, 1.165) is 37.0 Å². The van der Waals surface area contributed by atoms with Gasteiger partial charge in [-0.15, -0.1) is 0 Å². The van der Waals surface area contributed by atoms with Crippen LogP contribution in [0.3, 0.4) is 0 Å². The second-order valence-corrected chi connectivity index (χ2v) is 7.14. The van der Waals surface area contributed by atoms with Gasteiger partial charge in [-0.1, -0.05) is 11.6 Å². The van der Waals surface area contributed by atoms with Crippen molar-refractivity contribution in [1.82, 2.24) is 9.88 Å². The minimum absolute atomic E-state index is 0.0378. The Balaban J connectivity index is 1.35. The first-order valence-corrected chi connectivity index (χ1v) is 9.40. The molecule has 5 nitrogen and oxygen atoms in total. The SMILES string of the molecule is O=C(c1cnc2c(c1)CCCO2)N1CCC(Oc2ccc(Cl)cc2)CC1. The maximum Gasteiger partial charge on any atom is 0.255 e. The fraction of sp³-hybridized carbons (Fsp3) is 0.400. The third kappa shape index (κ3) is 3.78. The molecule has 0 bridgehead atoms. The number of piperidine rings is 1. The third-order valence-corrected chi connectivity index (χ3v) is 5.10. The van der Waals surface area contributed by atoms with Crippen LogP contribution in [0, 0.1) is 0 Å². The first-order valence-electron chi connectivity index (χ1n) is 9.02. The molecule has 4 rings (SSSR count). The monoisotopic (exact) mass is 372 g/mol. The minimum Gasteiger partial charge on any atom is -0.490 e. The number of hydrogen-bond donors (Lipinski definition) is 0. The molecule has 0 atom stereocenters. The molecule has 0 radical (unpaired) electrons. The van der Waals surface area contributed by atoms with Gasteiger partial charge in [0.25, 0.3) is 5.91 Å². The van der Waals surface area contributed by atoms with Crippen molar-refractivity contribution in [3.8, 4) is 11.6 Å². The van der Waals surface area contributed by atoms with Gasteiger partial charge in [-0.3, -0.25) is 4.79 Å². The van der Waals surface area contributed by atoms with Crippen LogP contribution in [0.5, 0.6) is 11.6 Å². The van der Waals surface area contributed by atoms with Crippen LogP contribution < -0.4 is 9.47 Å². The summed E-state index contributed by atoms with van der Waals surface area (Å²) < 4.78 is 11.5. The van der Waals surface area contributed by atoms with Gasteiger partial charge in [0, 0.05) is 42.7 Å². The number of rotatable bonds is 3. The largest absolute Gasteiger partial charge is 0.490 e. The Bertz CT molecular complexity index is 786. The lowest BCUT2D eigenvalue weighted by Gasteiger charge is -2.32. The van der Waals surface area contributed by atoms with Gasteiger partial charge >= 0.3 is 0 Å². The third-order valence-electron chi connectivity index (χ3n) is 4.85. The van der Waals surface area contributed by atoms with E-state index >= 15 is 0 Å². The van der Waals surface area contributed by atoms with E-state index in [2.05, 4.69) is 4.98 Å². The van der Waals surface area contributed by atoms with E-state index in [9.17, 15) is 4.79 Å². The number of fused-ring (bicyclic) bond motifs is 1. The second-order valence-electron chi connectivity index (χ2n) is 6.70. The summed E-state index contributed by atoms with van der Waals surface area (Å²) in [6, 6.07) is 9.33. The summed E-state index contributed by atoms with van der Waals surface area (Å²) in [6.07, 6.45) is 5.27. The number of aryl methyl sites for hydroxylation is 1. The molecule has 1 aromatic heterocycles. The molecule has 0 unspecified atom stereocenters. The van der Waals surface area contributed by atoms with Crippen LogP contribution in [0.15, 0.2) is 36.5 Å².